The van der Waals surface area contributed by atoms with Gasteiger partial charge in [0.1, 0.15) is 24.7 Å². The molecule has 0 heterocycles. The summed E-state index contributed by atoms with van der Waals surface area (Å²) in [4.78, 5) is 0. The van der Waals surface area contributed by atoms with Crippen molar-refractivity contribution in [3.8, 4) is 11.5 Å². The molecule has 0 bridgehead atoms. The van der Waals surface area contributed by atoms with Crippen molar-refractivity contribution in [2.75, 3.05) is 5.32 Å². The number of benzene rings is 4. The zero-order chi connectivity index (χ0) is 23.8. The second kappa shape index (κ2) is 11.4. The quantitative estimate of drug-likeness (QED) is 0.119. The van der Waals surface area contributed by atoms with Gasteiger partial charge in [-0.1, -0.05) is 78.9 Å². The van der Waals surface area contributed by atoms with Crippen LogP contribution < -0.4 is 20.6 Å². The number of para-hydroxylation sites is 1. The summed E-state index contributed by atoms with van der Waals surface area (Å²) in [6.45, 7) is 2.87. The molecule has 0 amide bonds. The fraction of sp³-hybridized carbons (Fsp3) is 0.107. The van der Waals surface area contributed by atoms with E-state index >= 15 is 0 Å². The van der Waals surface area contributed by atoms with Crippen LogP contribution in [0.4, 0.5) is 5.69 Å². The molecule has 0 saturated heterocycles. The van der Waals surface area contributed by atoms with E-state index in [0.29, 0.717) is 30.5 Å². The average molecular weight is 516 g/mol. The van der Waals surface area contributed by atoms with Gasteiger partial charge < -0.3 is 20.6 Å². The van der Waals surface area contributed by atoms with E-state index in [1.165, 1.54) is 0 Å². The molecule has 0 aliphatic rings. The Balaban J connectivity index is 1.65. The molecular formula is C28H26BrN3O2. The van der Waals surface area contributed by atoms with E-state index in [1.807, 2.05) is 104 Å². The number of hydrazone groups is 1. The molecule has 3 N–H and O–H groups in total. The molecule has 4 aromatic carbocycles. The average Bonchev–Trinajstić information content (AvgIpc) is 2.88. The number of nitrogens with one attached hydrogen (secondary N) is 1. The Bertz CT molecular complexity index is 1260. The lowest BCUT2D eigenvalue weighted by Crippen LogP contribution is -2.18. The van der Waals surface area contributed by atoms with Gasteiger partial charge in [0.25, 0.3) is 0 Å². The van der Waals surface area contributed by atoms with E-state index in [4.69, 9.17) is 15.3 Å². The first-order valence-electron chi connectivity index (χ1n) is 10.9. The smallest absolute Gasteiger partial charge is 0.161 e. The van der Waals surface area contributed by atoms with Crippen LogP contribution in [0, 0.1) is 6.92 Å². The molecule has 6 heteroatoms. The standard InChI is InChI=1S/C28H26BrN3O2/c1-20-10-8-9-15-25(20)31-28(32-30)23-16-24(29)27(34-19-22-13-6-3-7-14-22)17-26(23)33-18-21-11-4-2-5-12-21/h2-17H,18-19,30H2,1H3,(H,31,32). The molecule has 0 atom stereocenters. The summed E-state index contributed by atoms with van der Waals surface area (Å²) in [6.07, 6.45) is 0. The molecule has 172 valence electrons. The maximum absolute atomic E-state index is 6.24. The van der Waals surface area contributed by atoms with Gasteiger partial charge >= 0.3 is 0 Å². The van der Waals surface area contributed by atoms with Crippen molar-refractivity contribution in [1.82, 2.24) is 0 Å². The Hall–Kier alpha value is -3.77. The topological polar surface area (TPSA) is 68.9 Å². The Morgan fingerprint density at radius 1 is 0.794 bits per heavy atom. The third-order valence-electron chi connectivity index (χ3n) is 5.29. The second-order valence-corrected chi connectivity index (χ2v) is 8.60. The first kappa shape index (κ1) is 23.4. The normalized spacial score (nSPS) is 11.2. The second-order valence-electron chi connectivity index (χ2n) is 7.74. The number of halogens is 1. The third-order valence-corrected chi connectivity index (χ3v) is 5.91. The monoisotopic (exact) mass is 515 g/mol. The Morgan fingerprint density at radius 2 is 1.35 bits per heavy atom. The molecule has 4 rings (SSSR count). The van der Waals surface area contributed by atoms with Gasteiger partial charge in [-0.2, -0.15) is 5.10 Å². The number of nitrogens with two attached hydrogens (primary N) is 1. The fourth-order valence-electron chi connectivity index (χ4n) is 3.43. The summed E-state index contributed by atoms with van der Waals surface area (Å²) in [7, 11) is 0. The molecule has 0 spiro atoms. The molecule has 0 unspecified atom stereocenters. The number of rotatable bonds is 8. The zero-order valence-electron chi connectivity index (χ0n) is 18.9. The van der Waals surface area contributed by atoms with Crippen molar-refractivity contribution in [2.45, 2.75) is 20.1 Å². The van der Waals surface area contributed by atoms with Crippen LogP contribution in [0.2, 0.25) is 0 Å². The molecule has 0 aliphatic heterocycles. The van der Waals surface area contributed by atoms with E-state index < -0.39 is 0 Å². The van der Waals surface area contributed by atoms with Crippen LogP contribution in [-0.4, -0.2) is 5.84 Å². The number of hydrogen-bond donors (Lipinski definition) is 2. The van der Waals surface area contributed by atoms with Crippen molar-refractivity contribution in [2.24, 2.45) is 10.9 Å². The van der Waals surface area contributed by atoms with Crippen LogP contribution in [0.1, 0.15) is 22.3 Å². The summed E-state index contributed by atoms with van der Waals surface area (Å²) in [6, 6.07) is 31.8. The molecule has 5 nitrogen and oxygen atoms in total. The third kappa shape index (κ3) is 5.97. The fourth-order valence-corrected chi connectivity index (χ4v) is 3.89. The number of nitrogens with zero attached hydrogens (tertiary/aromatic N) is 1. The SMILES string of the molecule is Cc1ccccc1NC(=NN)c1cc(Br)c(OCc2ccccc2)cc1OCc1ccccc1. The van der Waals surface area contributed by atoms with Crippen molar-refractivity contribution >= 4 is 27.5 Å². The maximum Gasteiger partial charge on any atom is 0.161 e. The van der Waals surface area contributed by atoms with Crippen molar-refractivity contribution in [3.05, 3.63) is 124 Å². The summed E-state index contributed by atoms with van der Waals surface area (Å²) >= 11 is 3.64. The molecular weight excluding hydrogens is 490 g/mol. The molecule has 0 aliphatic carbocycles. The molecule has 0 fully saturated rings. The van der Waals surface area contributed by atoms with Gasteiger partial charge in [-0.05, 0) is 51.7 Å². The van der Waals surface area contributed by atoms with Gasteiger partial charge in [-0.25, -0.2) is 0 Å². The number of aryl methyl sites for hydroxylation is 1. The Kier molecular flexibility index (Phi) is 7.83. The first-order valence-corrected chi connectivity index (χ1v) is 11.7. The number of amidine groups is 1. The van der Waals surface area contributed by atoms with Crippen LogP contribution in [0.15, 0.2) is 107 Å². The molecule has 0 saturated carbocycles. The number of anilines is 1. The highest BCUT2D eigenvalue weighted by Crippen LogP contribution is 2.35. The lowest BCUT2D eigenvalue weighted by molar-refractivity contribution is 0.288. The number of ether oxygens (including phenoxy) is 2. The predicted octanol–water partition coefficient (Wildman–Crippen LogP) is 6.65. The van der Waals surface area contributed by atoms with Gasteiger partial charge in [0, 0.05) is 11.8 Å². The lowest BCUT2D eigenvalue weighted by atomic mass is 10.1. The van der Waals surface area contributed by atoms with Crippen molar-refractivity contribution < 1.29 is 9.47 Å². The highest BCUT2D eigenvalue weighted by atomic mass is 79.9. The van der Waals surface area contributed by atoms with Gasteiger partial charge in [-0.3, -0.25) is 0 Å². The summed E-state index contributed by atoms with van der Waals surface area (Å²) < 4.78 is 13.1. The minimum atomic E-state index is 0.399. The highest BCUT2D eigenvalue weighted by molar-refractivity contribution is 9.10. The van der Waals surface area contributed by atoms with Gasteiger partial charge in [0.15, 0.2) is 5.84 Å². The van der Waals surface area contributed by atoms with E-state index in [9.17, 15) is 0 Å². The van der Waals surface area contributed by atoms with Crippen molar-refractivity contribution in [1.29, 1.82) is 0 Å². The summed E-state index contributed by atoms with van der Waals surface area (Å²) in [5.74, 6) is 7.60. The van der Waals surface area contributed by atoms with Crippen molar-refractivity contribution in [3.63, 3.8) is 0 Å². The predicted molar refractivity (Wildman–Crippen MR) is 141 cm³/mol. The van der Waals surface area contributed by atoms with Crippen LogP contribution in [-0.2, 0) is 13.2 Å². The molecule has 0 radical (unpaired) electrons. The van der Waals surface area contributed by atoms with E-state index in [1.54, 1.807) is 0 Å². The molecule has 4 aromatic rings. The van der Waals surface area contributed by atoms with Gasteiger partial charge in [0.2, 0.25) is 0 Å². The van der Waals surface area contributed by atoms with Gasteiger partial charge in [-0.15, -0.1) is 0 Å². The highest BCUT2D eigenvalue weighted by Gasteiger charge is 2.17. The molecule has 0 aromatic heterocycles. The van der Waals surface area contributed by atoms with E-state index in [-0.39, 0.29) is 0 Å². The van der Waals surface area contributed by atoms with Gasteiger partial charge in [0.05, 0.1) is 10.0 Å². The van der Waals surface area contributed by atoms with Crippen LogP contribution in [0.25, 0.3) is 0 Å². The van der Waals surface area contributed by atoms with E-state index in [0.717, 1.165) is 32.4 Å². The van der Waals surface area contributed by atoms with E-state index in [2.05, 4.69) is 26.3 Å². The lowest BCUT2D eigenvalue weighted by Gasteiger charge is -2.18. The maximum atomic E-state index is 6.24. The van der Waals surface area contributed by atoms with Crippen LogP contribution >= 0.6 is 15.9 Å². The largest absolute Gasteiger partial charge is 0.488 e. The first-order chi connectivity index (χ1) is 16.6. The Labute approximate surface area is 208 Å². The Morgan fingerprint density at radius 3 is 1.94 bits per heavy atom. The molecule has 34 heavy (non-hydrogen) atoms. The minimum Gasteiger partial charge on any atom is -0.488 e. The summed E-state index contributed by atoms with van der Waals surface area (Å²) in [5, 5.41) is 7.38. The van der Waals surface area contributed by atoms with Crippen LogP contribution in [0.3, 0.4) is 0 Å². The summed E-state index contributed by atoms with van der Waals surface area (Å²) in [5.41, 5.74) is 4.86. The van der Waals surface area contributed by atoms with Crippen LogP contribution in [0.5, 0.6) is 11.5 Å². The number of hydrogen-bond acceptors (Lipinski definition) is 4. The zero-order valence-corrected chi connectivity index (χ0v) is 20.5. The minimum absolute atomic E-state index is 0.399.